The van der Waals surface area contributed by atoms with Gasteiger partial charge in [-0.15, -0.1) is 0 Å². The van der Waals surface area contributed by atoms with Crippen LogP contribution in [0.4, 0.5) is 10.8 Å². The molecule has 0 unspecified atom stereocenters. The molecule has 3 aromatic rings. The molecule has 152 valence electrons. The fraction of sp³-hybridized carbons (Fsp3) is 0.333. The van der Waals surface area contributed by atoms with Crippen molar-refractivity contribution in [3.63, 3.8) is 0 Å². The van der Waals surface area contributed by atoms with Crippen LogP contribution in [0.5, 0.6) is 0 Å². The average Bonchev–Trinajstić information content (AvgIpc) is 3.17. The van der Waals surface area contributed by atoms with Gasteiger partial charge in [0.25, 0.3) is 5.91 Å². The maximum atomic E-state index is 12.9. The molecule has 0 aliphatic carbocycles. The zero-order chi connectivity index (χ0) is 20.5. The van der Waals surface area contributed by atoms with Crippen molar-refractivity contribution >= 4 is 49.9 Å². The van der Waals surface area contributed by atoms with E-state index in [1.807, 2.05) is 41.3 Å². The van der Waals surface area contributed by atoms with E-state index in [2.05, 4.69) is 29.2 Å². The van der Waals surface area contributed by atoms with Gasteiger partial charge in [0.2, 0.25) is 0 Å². The van der Waals surface area contributed by atoms with Crippen LogP contribution in [0.1, 0.15) is 35.7 Å². The number of hydrogen-bond acceptors (Lipinski definition) is 6. The van der Waals surface area contributed by atoms with Crippen LogP contribution in [0.15, 0.2) is 36.4 Å². The highest BCUT2D eigenvalue weighted by atomic mass is 35.5. The van der Waals surface area contributed by atoms with Crippen molar-refractivity contribution in [1.82, 2.24) is 9.88 Å². The molecule has 1 saturated heterocycles. The Balaban J connectivity index is 1.49. The number of thiazole rings is 1. The number of carbonyl (C=O) groups excluding carboxylic acids is 1. The molecule has 8 heteroatoms. The minimum atomic E-state index is 0.0764. The number of nitrogens with zero attached hydrogens (tertiary/aromatic N) is 3. The molecule has 3 N–H and O–H groups in total. The number of halogens is 1. The van der Waals surface area contributed by atoms with E-state index in [1.165, 1.54) is 16.9 Å². The standard InChI is InChI=1S/C21H24ClN5OS/c1-13(2)14-3-5-15(6-4-14)20(28)27-11-9-26(10-12-27)19-16(22)7-8-17-18(19)24-21(25-23)29-17/h3-8,13H,9-12,23H2,1-2H3,(H,24,25). The molecule has 0 bridgehead atoms. The van der Waals surface area contributed by atoms with Crippen LogP contribution in [0.3, 0.4) is 0 Å². The van der Waals surface area contributed by atoms with Gasteiger partial charge in [-0.1, -0.05) is 48.9 Å². The van der Waals surface area contributed by atoms with Crippen LogP contribution in [0.25, 0.3) is 10.2 Å². The Morgan fingerprint density at radius 2 is 1.83 bits per heavy atom. The smallest absolute Gasteiger partial charge is 0.253 e. The van der Waals surface area contributed by atoms with Crippen molar-refractivity contribution in [2.75, 3.05) is 36.5 Å². The topological polar surface area (TPSA) is 74.5 Å². The van der Waals surface area contributed by atoms with Gasteiger partial charge in [-0.05, 0) is 35.7 Å². The van der Waals surface area contributed by atoms with Gasteiger partial charge in [0.1, 0.15) is 5.52 Å². The molecule has 0 radical (unpaired) electrons. The molecule has 29 heavy (non-hydrogen) atoms. The molecule has 1 fully saturated rings. The zero-order valence-corrected chi connectivity index (χ0v) is 18.1. The highest BCUT2D eigenvalue weighted by molar-refractivity contribution is 7.22. The fourth-order valence-corrected chi connectivity index (χ4v) is 4.70. The second-order valence-corrected chi connectivity index (χ2v) is 8.90. The van der Waals surface area contributed by atoms with Crippen molar-refractivity contribution < 1.29 is 4.79 Å². The third kappa shape index (κ3) is 3.90. The molecular formula is C21H24ClN5OS. The van der Waals surface area contributed by atoms with Crippen LogP contribution in [-0.2, 0) is 0 Å². The van der Waals surface area contributed by atoms with E-state index in [9.17, 15) is 4.79 Å². The lowest BCUT2D eigenvalue weighted by Crippen LogP contribution is -2.49. The molecule has 0 atom stereocenters. The van der Waals surface area contributed by atoms with E-state index in [0.29, 0.717) is 42.3 Å². The third-order valence-electron chi connectivity index (χ3n) is 5.32. The lowest BCUT2D eigenvalue weighted by Gasteiger charge is -2.36. The molecule has 1 amide bonds. The van der Waals surface area contributed by atoms with Gasteiger partial charge < -0.3 is 9.80 Å². The molecule has 0 saturated carbocycles. The minimum absolute atomic E-state index is 0.0764. The van der Waals surface area contributed by atoms with Crippen molar-refractivity contribution in [3.8, 4) is 0 Å². The molecule has 2 heterocycles. The Morgan fingerprint density at radius 3 is 2.45 bits per heavy atom. The lowest BCUT2D eigenvalue weighted by atomic mass is 10.0. The van der Waals surface area contributed by atoms with Gasteiger partial charge in [0, 0.05) is 31.7 Å². The largest absolute Gasteiger partial charge is 0.365 e. The molecule has 1 aliphatic heterocycles. The van der Waals surface area contributed by atoms with Crippen LogP contribution >= 0.6 is 22.9 Å². The number of nitrogens with two attached hydrogens (primary N) is 1. The second-order valence-electron chi connectivity index (χ2n) is 7.46. The Kier molecular flexibility index (Phi) is 5.63. The summed E-state index contributed by atoms with van der Waals surface area (Å²) in [5.41, 5.74) is 6.35. The number of rotatable bonds is 4. The van der Waals surface area contributed by atoms with Gasteiger partial charge >= 0.3 is 0 Å². The first-order valence-corrected chi connectivity index (χ1v) is 10.9. The highest BCUT2D eigenvalue weighted by Gasteiger charge is 2.25. The maximum Gasteiger partial charge on any atom is 0.253 e. The van der Waals surface area contributed by atoms with E-state index >= 15 is 0 Å². The van der Waals surface area contributed by atoms with E-state index in [1.54, 1.807) is 0 Å². The summed E-state index contributed by atoms with van der Waals surface area (Å²) >= 11 is 8.01. The van der Waals surface area contributed by atoms with E-state index in [4.69, 9.17) is 17.4 Å². The maximum absolute atomic E-state index is 12.9. The van der Waals surface area contributed by atoms with E-state index < -0.39 is 0 Å². The Hall–Kier alpha value is -2.35. The first-order valence-electron chi connectivity index (χ1n) is 9.67. The first-order chi connectivity index (χ1) is 14.0. The number of carbonyl (C=O) groups is 1. The Labute approximate surface area is 179 Å². The number of hydrogen-bond donors (Lipinski definition) is 2. The summed E-state index contributed by atoms with van der Waals surface area (Å²) in [6, 6.07) is 11.8. The van der Waals surface area contributed by atoms with Gasteiger partial charge in [-0.2, -0.15) is 0 Å². The number of amides is 1. The van der Waals surface area contributed by atoms with E-state index in [-0.39, 0.29) is 5.91 Å². The SMILES string of the molecule is CC(C)c1ccc(C(=O)N2CCN(c3c(Cl)ccc4sc(NN)nc34)CC2)cc1. The summed E-state index contributed by atoms with van der Waals surface area (Å²) < 4.78 is 1.03. The number of nitrogen functional groups attached to an aromatic ring is 1. The predicted molar refractivity (Wildman–Crippen MR) is 121 cm³/mol. The monoisotopic (exact) mass is 429 g/mol. The van der Waals surface area contributed by atoms with Crippen LogP contribution < -0.4 is 16.2 Å². The first kappa shape index (κ1) is 19.9. The van der Waals surface area contributed by atoms with Gasteiger partial charge in [0.15, 0.2) is 5.13 Å². The van der Waals surface area contributed by atoms with Crippen LogP contribution in [0.2, 0.25) is 5.02 Å². The minimum Gasteiger partial charge on any atom is -0.365 e. The molecule has 1 aliphatic rings. The van der Waals surface area contributed by atoms with Gasteiger partial charge in [-0.3, -0.25) is 10.2 Å². The van der Waals surface area contributed by atoms with Crippen molar-refractivity contribution in [2.45, 2.75) is 19.8 Å². The molecule has 4 rings (SSSR count). The van der Waals surface area contributed by atoms with Crippen molar-refractivity contribution in [3.05, 3.63) is 52.5 Å². The predicted octanol–water partition coefficient (Wildman–Crippen LogP) is 4.32. The summed E-state index contributed by atoms with van der Waals surface area (Å²) in [5, 5.41) is 1.32. The quantitative estimate of drug-likeness (QED) is 0.477. The number of nitrogens with one attached hydrogen (secondary N) is 1. The van der Waals surface area contributed by atoms with Gasteiger partial charge in [-0.25, -0.2) is 10.8 Å². The van der Waals surface area contributed by atoms with Gasteiger partial charge in [0.05, 0.1) is 15.4 Å². The zero-order valence-electron chi connectivity index (χ0n) is 16.5. The molecule has 6 nitrogen and oxygen atoms in total. The number of piperazine rings is 1. The van der Waals surface area contributed by atoms with Crippen molar-refractivity contribution in [2.24, 2.45) is 5.84 Å². The van der Waals surface area contributed by atoms with Crippen LogP contribution in [-0.4, -0.2) is 42.0 Å². The number of aromatic nitrogens is 1. The molecule has 0 spiro atoms. The summed E-state index contributed by atoms with van der Waals surface area (Å²) in [5.74, 6) is 6.05. The number of anilines is 2. The van der Waals surface area contributed by atoms with E-state index in [0.717, 1.165) is 21.5 Å². The fourth-order valence-electron chi connectivity index (χ4n) is 3.64. The third-order valence-corrected chi connectivity index (χ3v) is 6.57. The summed E-state index contributed by atoms with van der Waals surface area (Å²) in [6.07, 6.45) is 0. The molecule has 2 aromatic carbocycles. The number of hydrazine groups is 1. The Bertz CT molecular complexity index is 1030. The molecular weight excluding hydrogens is 406 g/mol. The summed E-state index contributed by atoms with van der Waals surface area (Å²) in [4.78, 5) is 21.6. The average molecular weight is 430 g/mol. The highest BCUT2D eigenvalue weighted by Crippen LogP contribution is 2.38. The number of fused-ring (bicyclic) bond motifs is 1. The Morgan fingerprint density at radius 1 is 1.14 bits per heavy atom. The molecule has 1 aromatic heterocycles. The summed E-state index contributed by atoms with van der Waals surface area (Å²) in [7, 11) is 0. The van der Waals surface area contributed by atoms with Crippen LogP contribution in [0, 0.1) is 0 Å². The lowest BCUT2D eigenvalue weighted by molar-refractivity contribution is 0.0747. The number of benzene rings is 2. The summed E-state index contributed by atoms with van der Waals surface area (Å²) in [6.45, 7) is 7.00. The van der Waals surface area contributed by atoms with Crippen molar-refractivity contribution in [1.29, 1.82) is 0 Å². The second kappa shape index (κ2) is 8.18. The normalized spacial score (nSPS) is 14.7.